The van der Waals surface area contributed by atoms with Crippen LogP contribution in [0.3, 0.4) is 0 Å². The van der Waals surface area contributed by atoms with Crippen molar-refractivity contribution in [3.63, 3.8) is 0 Å². The van der Waals surface area contributed by atoms with Crippen LogP contribution in [0.1, 0.15) is 13.8 Å². The summed E-state index contributed by atoms with van der Waals surface area (Å²) in [6.45, 7) is 7.65. The molecule has 0 aliphatic carbocycles. The molecule has 2 rings (SSSR count). The largest absolute Gasteiger partial charge is 0.368 e. The highest BCUT2D eigenvalue weighted by atomic mass is 15.3. The molecule has 1 aliphatic rings. The molecule has 0 aromatic carbocycles. The molecule has 0 unspecified atom stereocenters. The van der Waals surface area contributed by atoms with E-state index in [2.05, 4.69) is 41.1 Å². The summed E-state index contributed by atoms with van der Waals surface area (Å²) in [6, 6.07) is 4.02. The minimum absolute atomic E-state index is 0.192. The molecule has 5 nitrogen and oxygen atoms in total. The second-order valence-electron chi connectivity index (χ2n) is 5.20. The van der Waals surface area contributed by atoms with Crippen LogP contribution in [0.5, 0.6) is 0 Å². The lowest BCUT2D eigenvalue weighted by Gasteiger charge is -2.46. The van der Waals surface area contributed by atoms with E-state index >= 15 is 0 Å². The lowest BCUT2D eigenvalue weighted by molar-refractivity contribution is 0.139. The molecule has 0 amide bonds. The molecule has 1 aromatic rings. The number of hydrogen-bond donors (Lipinski definition) is 2. The monoisotopic (exact) mass is 235 g/mol. The lowest BCUT2D eigenvalue weighted by Crippen LogP contribution is -2.57. The molecule has 2 heterocycles. The summed E-state index contributed by atoms with van der Waals surface area (Å²) in [5.41, 5.74) is 3.96. The quantitative estimate of drug-likeness (QED) is 0.589. The van der Waals surface area contributed by atoms with Crippen molar-refractivity contribution in [2.45, 2.75) is 19.4 Å². The topological polar surface area (TPSA) is 57.4 Å². The maximum atomic E-state index is 5.38. The van der Waals surface area contributed by atoms with Gasteiger partial charge < -0.3 is 10.3 Å². The van der Waals surface area contributed by atoms with E-state index in [1.54, 1.807) is 6.20 Å². The van der Waals surface area contributed by atoms with Gasteiger partial charge >= 0.3 is 0 Å². The van der Waals surface area contributed by atoms with Gasteiger partial charge in [-0.1, -0.05) is 0 Å². The minimum atomic E-state index is 0.192. The third-order valence-electron chi connectivity index (χ3n) is 3.57. The summed E-state index contributed by atoms with van der Waals surface area (Å²) < 4.78 is 0. The summed E-state index contributed by atoms with van der Waals surface area (Å²) in [5.74, 6) is 6.09. The minimum Gasteiger partial charge on any atom is -0.368 e. The summed E-state index contributed by atoms with van der Waals surface area (Å²) in [5, 5.41) is 0. The molecule has 0 atom stereocenters. The van der Waals surface area contributed by atoms with Crippen LogP contribution in [0.25, 0.3) is 0 Å². The number of aromatic nitrogens is 1. The van der Waals surface area contributed by atoms with Gasteiger partial charge in [0.2, 0.25) is 0 Å². The predicted octanol–water partition coefficient (Wildman–Crippen LogP) is 0.898. The maximum Gasteiger partial charge on any atom is 0.141 e. The standard InChI is InChI=1S/C12H21N5/c1-12(2)9-17(7-6-16(12)3)10-4-5-14-11(8-10)15-13/h4-5,8H,6-7,9,13H2,1-3H3,(H,14,15). The SMILES string of the molecule is CN1CCN(c2ccnc(NN)c2)CC1(C)C. The van der Waals surface area contributed by atoms with Crippen molar-refractivity contribution in [2.75, 3.05) is 37.0 Å². The molecular weight excluding hydrogens is 214 g/mol. The number of nitrogens with two attached hydrogens (primary N) is 1. The number of likely N-dealkylation sites (N-methyl/N-ethyl adjacent to an activating group) is 1. The molecule has 3 N–H and O–H groups in total. The number of nitrogen functional groups attached to an aromatic ring is 1. The molecule has 1 fully saturated rings. The molecule has 0 bridgehead atoms. The Labute approximate surface area is 103 Å². The van der Waals surface area contributed by atoms with Crippen molar-refractivity contribution in [3.05, 3.63) is 18.3 Å². The van der Waals surface area contributed by atoms with Gasteiger partial charge in [-0.2, -0.15) is 0 Å². The van der Waals surface area contributed by atoms with E-state index in [0.717, 1.165) is 19.6 Å². The number of hydrazine groups is 1. The second kappa shape index (κ2) is 4.50. The molecule has 1 aromatic heterocycles. The van der Waals surface area contributed by atoms with E-state index in [1.165, 1.54) is 5.69 Å². The van der Waals surface area contributed by atoms with E-state index in [4.69, 9.17) is 5.84 Å². The number of rotatable bonds is 2. The second-order valence-corrected chi connectivity index (χ2v) is 5.20. The van der Waals surface area contributed by atoms with Crippen molar-refractivity contribution in [1.29, 1.82) is 0 Å². The highest BCUT2D eigenvalue weighted by Gasteiger charge is 2.31. The number of nitrogens with zero attached hydrogens (tertiary/aromatic N) is 3. The van der Waals surface area contributed by atoms with Crippen molar-refractivity contribution >= 4 is 11.5 Å². The summed E-state index contributed by atoms with van der Waals surface area (Å²) in [4.78, 5) is 8.90. The molecule has 17 heavy (non-hydrogen) atoms. The fraction of sp³-hybridized carbons (Fsp3) is 0.583. The van der Waals surface area contributed by atoms with Crippen LogP contribution in [-0.2, 0) is 0 Å². The fourth-order valence-corrected chi connectivity index (χ4v) is 2.16. The Morgan fingerprint density at radius 2 is 2.18 bits per heavy atom. The highest BCUT2D eigenvalue weighted by molar-refractivity contribution is 5.54. The average molecular weight is 235 g/mol. The van der Waals surface area contributed by atoms with Crippen LogP contribution in [-0.4, -0.2) is 42.1 Å². The highest BCUT2D eigenvalue weighted by Crippen LogP contribution is 2.25. The van der Waals surface area contributed by atoms with Gasteiger partial charge in [0, 0.05) is 43.1 Å². The van der Waals surface area contributed by atoms with Crippen LogP contribution in [0, 0.1) is 0 Å². The van der Waals surface area contributed by atoms with Gasteiger partial charge in [0.25, 0.3) is 0 Å². The van der Waals surface area contributed by atoms with Crippen LogP contribution >= 0.6 is 0 Å². The maximum absolute atomic E-state index is 5.38. The number of pyridine rings is 1. The van der Waals surface area contributed by atoms with E-state index in [-0.39, 0.29) is 5.54 Å². The van der Waals surface area contributed by atoms with Crippen molar-refractivity contribution in [3.8, 4) is 0 Å². The Bertz CT molecular complexity index is 390. The van der Waals surface area contributed by atoms with Gasteiger partial charge in [-0.05, 0) is 27.0 Å². The smallest absolute Gasteiger partial charge is 0.141 e. The number of hydrogen-bond acceptors (Lipinski definition) is 5. The fourth-order valence-electron chi connectivity index (χ4n) is 2.16. The van der Waals surface area contributed by atoms with Crippen molar-refractivity contribution in [1.82, 2.24) is 9.88 Å². The lowest BCUT2D eigenvalue weighted by atomic mass is 9.99. The van der Waals surface area contributed by atoms with Crippen LogP contribution in [0.15, 0.2) is 18.3 Å². The third-order valence-corrected chi connectivity index (χ3v) is 3.57. The van der Waals surface area contributed by atoms with Crippen molar-refractivity contribution in [2.24, 2.45) is 5.84 Å². The third kappa shape index (κ3) is 2.50. The van der Waals surface area contributed by atoms with Gasteiger partial charge in [-0.3, -0.25) is 4.90 Å². The van der Waals surface area contributed by atoms with Gasteiger partial charge in [0.1, 0.15) is 5.82 Å². The summed E-state index contributed by atoms with van der Waals surface area (Å²) in [7, 11) is 2.18. The van der Waals surface area contributed by atoms with Crippen LogP contribution in [0.2, 0.25) is 0 Å². The molecule has 5 heteroatoms. The molecule has 0 spiro atoms. The number of anilines is 2. The number of piperazine rings is 1. The van der Waals surface area contributed by atoms with Gasteiger partial charge in [-0.25, -0.2) is 10.8 Å². The summed E-state index contributed by atoms with van der Waals surface area (Å²) >= 11 is 0. The Morgan fingerprint density at radius 3 is 2.82 bits per heavy atom. The first-order valence-electron chi connectivity index (χ1n) is 5.92. The van der Waals surface area contributed by atoms with Gasteiger partial charge in [0.15, 0.2) is 0 Å². The first-order valence-corrected chi connectivity index (χ1v) is 5.92. The van der Waals surface area contributed by atoms with Crippen LogP contribution < -0.4 is 16.2 Å². The Kier molecular flexibility index (Phi) is 3.22. The van der Waals surface area contributed by atoms with Gasteiger partial charge in [0.05, 0.1) is 0 Å². The zero-order valence-electron chi connectivity index (χ0n) is 10.8. The number of nitrogens with one attached hydrogen (secondary N) is 1. The normalized spacial score (nSPS) is 20.4. The van der Waals surface area contributed by atoms with Gasteiger partial charge in [-0.15, -0.1) is 0 Å². The van der Waals surface area contributed by atoms with E-state index in [0.29, 0.717) is 5.82 Å². The van der Waals surface area contributed by atoms with E-state index in [9.17, 15) is 0 Å². The molecule has 1 aliphatic heterocycles. The average Bonchev–Trinajstić information content (AvgIpc) is 2.32. The van der Waals surface area contributed by atoms with Crippen LogP contribution in [0.4, 0.5) is 11.5 Å². The summed E-state index contributed by atoms with van der Waals surface area (Å²) in [6.07, 6.45) is 1.79. The molecular formula is C12H21N5. The molecule has 94 valence electrons. The predicted molar refractivity (Wildman–Crippen MR) is 71.0 cm³/mol. The Hall–Kier alpha value is -1.33. The van der Waals surface area contributed by atoms with E-state index < -0.39 is 0 Å². The molecule has 1 saturated heterocycles. The molecule has 0 radical (unpaired) electrons. The Morgan fingerprint density at radius 1 is 1.41 bits per heavy atom. The Balaban J connectivity index is 2.17. The first kappa shape index (κ1) is 12.1. The zero-order chi connectivity index (χ0) is 12.5. The molecule has 0 saturated carbocycles. The van der Waals surface area contributed by atoms with E-state index in [1.807, 2.05) is 12.1 Å². The zero-order valence-corrected chi connectivity index (χ0v) is 10.8. The first-order chi connectivity index (χ1) is 8.03. The van der Waals surface area contributed by atoms with Crippen molar-refractivity contribution < 1.29 is 0 Å².